The number of benzene rings is 1. The zero-order chi connectivity index (χ0) is 13.5. The molecule has 0 bridgehead atoms. The van der Waals surface area contributed by atoms with Gasteiger partial charge in [-0.25, -0.2) is 4.79 Å². The standard InChI is InChI=1S/C12H15NO5/c1-2-18-10-6-4-3-5-8(10)11(15)13-7-9(14)12(16)17/h3-6,9,14H,2,7H2,1H3,(H,13,15)(H,16,17)/t9-/m0/s1. The smallest absolute Gasteiger partial charge is 0.334 e. The summed E-state index contributed by atoms with van der Waals surface area (Å²) in [6, 6.07) is 6.61. The number of carbonyl (C=O) groups excluding carboxylic acids is 1. The number of ether oxygens (including phenoxy) is 1. The van der Waals surface area contributed by atoms with Crippen LogP contribution in [-0.4, -0.2) is 41.3 Å². The van der Waals surface area contributed by atoms with Crippen molar-refractivity contribution in [1.82, 2.24) is 5.32 Å². The minimum Gasteiger partial charge on any atom is -0.493 e. The highest BCUT2D eigenvalue weighted by Gasteiger charge is 2.16. The molecule has 0 radical (unpaired) electrons. The number of rotatable bonds is 6. The number of amides is 1. The van der Waals surface area contributed by atoms with E-state index >= 15 is 0 Å². The van der Waals surface area contributed by atoms with Crippen LogP contribution in [0.4, 0.5) is 0 Å². The first-order chi connectivity index (χ1) is 8.56. The van der Waals surface area contributed by atoms with Gasteiger partial charge in [0.25, 0.3) is 5.91 Å². The van der Waals surface area contributed by atoms with E-state index in [4.69, 9.17) is 14.9 Å². The van der Waals surface area contributed by atoms with Crippen LogP contribution in [-0.2, 0) is 4.79 Å². The Kier molecular flexibility index (Phi) is 5.13. The average Bonchev–Trinajstić information content (AvgIpc) is 2.36. The predicted octanol–water partition coefficient (Wildman–Crippen LogP) is 0.261. The highest BCUT2D eigenvalue weighted by molar-refractivity contribution is 5.97. The second-order valence-corrected chi connectivity index (χ2v) is 3.49. The topological polar surface area (TPSA) is 95.9 Å². The van der Waals surface area contributed by atoms with Crippen molar-refractivity contribution in [3.63, 3.8) is 0 Å². The van der Waals surface area contributed by atoms with Gasteiger partial charge >= 0.3 is 5.97 Å². The van der Waals surface area contributed by atoms with Crippen LogP contribution in [0.5, 0.6) is 5.75 Å². The van der Waals surface area contributed by atoms with Gasteiger partial charge in [0.05, 0.1) is 18.7 Å². The number of hydrogen-bond acceptors (Lipinski definition) is 4. The Labute approximate surface area is 104 Å². The van der Waals surface area contributed by atoms with Gasteiger partial charge in [0, 0.05) is 0 Å². The highest BCUT2D eigenvalue weighted by Crippen LogP contribution is 2.17. The number of aliphatic hydroxyl groups excluding tert-OH is 1. The first-order valence-electron chi connectivity index (χ1n) is 5.47. The molecule has 0 heterocycles. The number of hydrogen-bond donors (Lipinski definition) is 3. The van der Waals surface area contributed by atoms with Crippen LogP contribution >= 0.6 is 0 Å². The Morgan fingerprint density at radius 3 is 2.67 bits per heavy atom. The Balaban J connectivity index is 2.69. The quantitative estimate of drug-likeness (QED) is 0.676. The Hall–Kier alpha value is -2.08. The van der Waals surface area contributed by atoms with Gasteiger partial charge < -0.3 is 20.3 Å². The van der Waals surface area contributed by atoms with Crippen molar-refractivity contribution in [3.8, 4) is 5.75 Å². The van der Waals surface area contributed by atoms with E-state index in [2.05, 4.69) is 5.32 Å². The lowest BCUT2D eigenvalue weighted by atomic mass is 10.2. The molecule has 0 unspecified atom stereocenters. The van der Waals surface area contributed by atoms with E-state index in [0.29, 0.717) is 17.9 Å². The molecule has 0 spiro atoms. The predicted molar refractivity (Wildman–Crippen MR) is 63.6 cm³/mol. The van der Waals surface area contributed by atoms with Crippen LogP contribution in [0, 0.1) is 0 Å². The molecule has 0 aromatic heterocycles. The molecule has 0 aliphatic carbocycles. The molecule has 18 heavy (non-hydrogen) atoms. The largest absolute Gasteiger partial charge is 0.493 e. The maximum atomic E-state index is 11.8. The molecular weight excluding hydrogens is 238 g/mol. The van der Waals surface area contributed by atoms with Crippen molar-refractivity contribution in [2.24, 2.45) is 0 Å². The number of nitrogens with one attached hydrogen (secondary N) is 1. The van der Waals surface area contributed by atoms with Gasteiger partial charge in [-0.3, -0.25) is 4.79 Å². The van der Waals surface area contributed by atoms with Crippen molar-refractivity contribution in [2.45, 2.75) is 13.0 Å². The van der Waals surface area contributed by atoms with E-state index < -0.39 is 18.0 Å². The monoisotopic (exact) mass is 253 g/mol. The average molecular weight is 253 g/mol. The molecule has 0 aliphatic heterocycles. The first-order valence-corrected chi connectivity index (χ1v) is 5.47. The van der Waals surface area contributed by atoms with E-state index in [9.17, 15) is 9.59 Å². The molecule has 1 aromatic carbocycles. The number of aliphatic carboxylic acids is 1. The zero-order valence-electron chi connectivity index (χ0n) is 9.92. The lowest BCUT2D eigenvalue weighted by molar-refractivity contribution is -0.146. The number of carboxylic acid groups (broad SMARTS) is 1. The van der Waals surface area contributed by atoms with Gasteiger partial charge in [-0.05, 0) is 19.1 Å². The summed E-state index contributed by atoms with van der Waals surface area (Å²) in [4.78, 5) is 22.2. The van der Waals surface area contributed by atoms with Gasteiger partial charge in [0.2, 0.25) is 0 Å². The van der Waals surface area contributed by atoms with Crippen LogP contribution < -0.4 is 10.1 Å². The fourth-order valence-corrected chi connectivity index (χ4v) is 1.31. The fourth-order valence-electron chi connectivity index (χ4n) is 1.31. The van der Waals surface area contributed by atoms with E-state index in [1.165, 1.54) is 0 Å². The second-order valence-electron chi connectivity index (χ2n) is 3.49. The molecule has 1 aromatic rings. The third-order valence-electron chi connectivity index (χ3n) is 2.17. The molecule has 1 rings (SSSR count). The van der Waals surface area contributed by atoms with Gasteiger partial charge in [0.15, 0.2) is 6.10 Å². The van der Waals surface area contributed by atoms with Crippen LogP contribution in [0.15, 0.2) is 24.3 Å². The zero-order valence-corrected chi connectivity index (χ0v) is 9.92. The molecule has 98 valence electrons. The lowest BCUT2D eigenvalue weighted by Gasteiger charge is -2.11. The van der Waals surface area contributed by atoms with E-state index in [-0.39, 0.29) is 6.54 Å². The van der Waals surface area contributed by atoms with E-state index in [1.807, 2.05) is 0 Å². The summed E-state index contributed by atoms with van der Waals surface area (Å²) in [5, 5.41) is 19.9. The number of carboxylic acids is 1. The number of carbonyl (C=O) groups is 2. The fraction of sp³-hybridized carbons (Fsp3) is 0.333. The minimum absolute atomic E-state index is 0.303. The van der Waals surface area contributed by atoms with Crippen LogP contribution in [0.2, 0.25) is 0 Å². The van der Waals surface area contributed by atoms with Gasteiger partial charge in [-0.2, -0.15) is 0 Å². The van der Waals surface area contributed by atoms with Gasteiger partial charge in [-0.15, -0.1) is 0 Å². The summed E-state index contributed by atoms with van der Waals surface area (Å²) in [6.45, 7) is 1.86. The van der Waals surface area contributed by atoms with Crippen LogP contribution in [0.3, 0.4) is 0 Å². The molecule has 6 heteroatoms. The molecule has 1 amide bonds. The molecule has 0 saturated heterocycles. The Morgan fingerprint density at radius 1 is 1.39 bits per heavy atom. The van der Waals surface area contributed by atoms with Crippen molar-refractivity contribution in [1.29, 1.82) is 0 Å². The summed E-state index contributed by atoms with van der Waals surface area (Å²) in [5.41, 5.74) is 0.303. The van der Waals surface area contributed by atoms with Crippen LogP contribution in [0.1, 0.15) is 17.3 Å². The molecule has 1 atom stereocenters. The number of para-hydroxylation sites is 1. The van der Waals surface area contributed by atoms with Crippen molar-refractivity contribution in [3.05, 3.63) is 29.8 Å². The van der Waals surface area contributed by atoms with Gasteiger partial charge in [-0.1, -0.05) is 12.1 Å². The Bertz CT molecular complexity index is 432. The van der Waals surface area contributed by atoms with Crippen molar-refractivity contribution >= 4 is 11.9 Å². The maximum absolute atomic E-state index is 11.8. The summed E-state index contributed by atoms with van der Waals surface area (Å²) >= 11 is 0. The summed E-state index contributed by atoms with van der Waals surface area (Å²) in [7, 11) is 0. The SMILES string of the molecule is CCOc1ccccc1C(=O)NC[C@H](O)C(=O)O. The molecule has 0 aliphatic rings. The van der Waals surface area contributed by atoms with Crippen molar-refractivity contribution < 1.29 is 24.5 Å². The Morgan fingerprint density at radius 2 is 2.06 bits per heavy atom. The molecular formula is C12H15NO5. The van der Waals surface area contributed by atoms with E-state index in [1.54, 1.807) is 31.2 Å². The number of aliphatic hydroxyl groups is 1. The van der Waals surface area contributed by atoms with Gasteiger partial charge in [0.1, 0.15) is 5.75 Å². The third-order valence-corrected chi connectivity index (χ3v) is 2.17. The lowest BCUT2D eigenvalue weighted by Crippen LogP contribution is -2.36. The van der Waals surface area contributed by atoms with Crippen molar-refractivity contribution in [2.75, 3.05) is 13.2 Å². The normalized spacial score (nSPS) is 11.7. The summed E-state index contributed by atoms with van der Waals surface area (Å²) in [5.74, 6) is -1.45. The summed E-state index contributed by atoms with van der Waals surface area (Å²) in [6.07, 6.45) is -1.62. The molecule has 0 fully saturated rings. The molecule has 3 N–H and O–H groups in total. The second kappa shape index (κ2) is 6.61. The third kappa shape index (κ3) is 3.74. The summed E-state index contributed by atoms with van der Waals surface area (Å²) < 4.78 is 5.27. The molecule has 0 saturated carbocycles. The molecule has 6 nitrogen and oxygen atoms in total. The van der Waals surface area contributed by atoms with Crippen LogP contribution in [0.25, 0.3) is 0 Å². The highest BCUT2D eigenvalue weighted by atomic mass is 16.5. The first kappa shape index (κ1) is 14.0. The maximum Gasteiger partial charge on any atom is 0.334 e. The minimum atomic E-state index is -1.62. The van der Waals surface area contributed by atoms with E-state index in [0.717, 1.165) is 0 Å².